The van der Waals surface area contributed by atoms with Gasteiger partial charge in [0.05, 0.1) is 5.56 Å². The van der Waals surface area contributed by atoms with E-state index in [1.54, 1.807) is 6.07 Å². The van der Waals surface area contributed by atoms with Gasteiger partial charge in [0.15, 0.2) is 0 Å². The average molecular weight is 207 g/mol. The van der Waals surface area contributed by atoms with E-state index in [1.165, 1.54) is 6.20 Å². The summed E-state index contributed by atoms with van der Waals surface area (Å²) in [6, 6.07) is 1.68. The molecule has 1 rings (SSSR count). The smallest absolute Gasteiger partial charge is 0.268 e. The van der Waals surface area contributed by atoms with Gasteiger partial charge in [0.1, 0.15) is 5.69 Å². The van der Waals surface area contributed by atoms with Gasteiger partial charge in [0, 0.05) is 6.20 Å². The lowest BCUT2D eigenvalue weighted by molar-refractivity contribution is 0.0962. The maximum absolute atomic E-state index is 11.2. The topological polar surface area (TPSA) is 99.1 Å². The molecule has 0 saturated carbocycles. The quantitative estimate of drug-likeness (QED) is 0.739. The van der Waals surface area contributed by atoms with Crippen LogP contribution in [0.4, 0.5) is 0 Å². The lowest BCUT2D eigenvalue weighted by atomic mass is 10.0. The average Bonchev–Trinajstić information content (AvgIpc) is 2.17. The van der Waals surface area contributed by atoms with Gasteiger partial charge < -0.3 is 11.5 Å². The first-order valence-electron chi connectivity index (χ1n) is 4.65. The molecule has 0 aliphatic carbocycles. The van der Waals surface area contributed by atoms with Crippen molar-refractivity contribution in [2.24, 2.45) is 11.5 Å². The van der Waals surface area contributed by atoms with E-state index in [0.29, 0.717) is 12.0 Å². The van der Waals surface area contributed by atoms with Gasteiger partial charge in [0.2, 0.25) is 0 Å². The molecule has 2 amide bonds. The Labute approximate surface area is 87.5 Å². The zero-order chi connectivity index (χ0) is 11.4. The molecule has 1 aromatic rings. The summed E-state index contributed by atoms with van der Waals surface area (Å²) in [6.07, 6.45) is 2.97. The Morgan fingerprint density at radius 2 is 2.00 bits per heavy atom. The number of hydrogen-bond donors (Lipinski definition) is 2. The van der Waals surface area contributed by atoms with Crippen molar-refractivity contribution in [1.29, 1.82) is 0 Å². The van der Waals surface area contributed by atoms with Crippen molar-refractivity contribution in [3.8, 4) is 0 Å². The van der Waals surface area contributed by atoms with Gasteiger partial charge >= 0.3 is 0 Å². The molecule has 0 bridgehead atoms. The van der Waals surface area contributed by atoms with Crippen LogP contribution in [0.15, 0.2) is 12.3 Å². The molecule has 1 heterocycles. The number of nitrogens with zero attached hydrogens (tertiary/aromatic N) is 1. The number of amides is 2. The molecule has 0 unspecified atom stereocenters. The van der Waals surface area contributed by atoms with Gasteiger partial charge in [-0.1, -0.05) is 13.3 Å². The number of carbonyl (C=O) groups excluding carboxylic acids is 2. The summed E-state index contributed by atoms with van der Waals surface area (Å²) < 4.78 is 0. The van der Waals surface area contributed by atoms with Crippen LogP contribution in [0.25, 0.3) is 0 Å². The molecule has 5 heteroatoms. The number of pyridine rings is 1. The molecule has 0 atom stereocenters. The minimum Gasteiger partial charge on any atom is -0.366 e. The highest BCUT2D eigenvalue weighted by molar-refractivity contribution is 6.05. The summed E-state index contributed by atoms with van der Waals surface area (Å²) in [5.74, 6) is -1.40. The van der Waals surface area contributed by atoms with Crippen LogP contribution in [-0.4, -0.2) is 16.8 Å². The van der Waals surface area contributed by atoms with E-state index in [0.717, 1.165) is 6.42 Å². The molecule has 0 fully saturated rings. The third kappa shape index (κ3) is 2.31. The molecule has 15 heavy (non-hydrogen) atoms. The van der Waals surface area contributed by atoms with Crippen molar-refractivity contribution in [2.75, 3.05) is 0 Å². The van der Waals surface area contributed by atoms with Crippen LogP contribution in [0.5, 0.6) is 0 Å². The monoisotopic (exact) mass is 207 g/mol. The van der Waals surface area contributed by atoms with Gasteiger partial charge in [-0.15, -0.1) is 0 Å². The van der Waals surface area contributed by atoms with Crippen molar-refractivity contribution in [3.63, 3.8) is 0 Å². The van der Waals surface area contributed by atoms with Crippen molar-refractivity contribution in [2.45, 2.75) is 19.8 Å². The summed E-state index contributed by atoms with van der Waals surface area (Å²) in [7, 11) is 0. The highest BCUT2D eigenvalue weighted by Gasteiger charge is 2.17. The van der Waals surface area contributed by atoms with Crippen molar-refractivity contribution < 1.29 is 9.59 Å². The normalized spacial score (nSPS) is 9.93. The fourth-order valence-corrected chi connectivity index (χ4v) is 1.44. The maximum atomic E-state index is 11.2. The summed E-state index contributed by atoms with van der Waals surface area (Å²) in [4.78, 5) is 26.0. The number of rotatable bonds is 4. The third-order valence-electron chi connectivity index (χ3n) is 2.04. The minimum atomic E-state index is -0.734. The summed E-state index contributed by atoms with van der Waals surface area (Å²) in [5, 5.41) is 0. The summed E-state index contributed by atoms with van der Waals surface area (Å²) >= 11 is 0. The van der Waals surface area contributed by atoms with Crippen molar-refractivity contribution in [1.82, 2.24) is 4.98 Å². The summed E-state index contributed by atoms with van der Waals surface area (Å²) in [6.45, 7) is 1.97. The maximum Gasteiger partial charge on any atom is 0.268 e. The van der Waals surface area contributed by atoms with E-state index in [9.17, 15) is 9.59 Å². The van der Waals surface area contributed by atoms with E-state index in [-0.39, 0.29) is 11.3 Å². The highest BCUT2D eigenvalue weighted by atomic mass is 16.2. The molecule has 5 nitrogen and oxygen atoms in total. The molecule has 0 aliphatic heterocycles. The number of aryl methyl sites for hydroxylation is 1. The number of aromatic nitrogens is 1. The molecule has 0 spiro atoms. The van der Waals surface area contributed by atoms with E-state index < -0.39 is 11.8 Å². The Hall–Kier alpha value is -1.91. The number of carbonyl (C=O) groups is 2. The van der Waals surface area contributed by atoms with Gasteiger partial charge in [-0.2, -0.15) is 0 Å². The lowest BCUT2D eigenvalue weighted by Gasteiger charge is -2.07. The van der Waals surface area contributed by atoms with E-state index >= 15 is 0 Å². The molecule has 0 saturated heterocycles. The van der Waals surface area contributed by atoms with Crippen LogP contribution in [0.3, 0.4) is 0 Å². The van der Waals surface area contributed by atoms with E-state index in [1.807, 2.05) is 6.92 Å². The molecule has 1 aromatic heterocycles. The highest BCUT2D eigenvalue weighted by Crippen LogP contribution is 2.13. The van der Waals surface area contributed by atoms with Crippen LogP contribution >= 0.6 is 0 Å². The second-order valence-electron chi connectivity index (χ2n) is 3.17. The Morgan fingerprint density at radius 3 is 2.47 bits per heavy atom. The largest absolute Gasteiger partial charge is 0.366 e. The molecule has 80 valence electrons. The van der Waals surface area contributed by atoms with Crippen LogP contribution < -0.4 is 11.5 Å². The zero-order valence-corrected chi connectivity index (χ0v) is 8.49. The third-order valence-corrected chi connectivity index (χ3v) is 2.04. The zero-order valence-electron chi connectivity index (χ0n) is 8.49. The first-order valence-corrected chi connectivity index (χ1v) is 4.65. The molecule has 0 aliphatic rings. The first-order chi connectivity index (χ1) is 7.07. The molecule has 0 aromatic carbocycles. The fourth-order valence-electron chi connectivity index (χ4n) is 1.44. The molecule has 0 radical (unpaired) electrons. The van der Waals surface area contributed by atoms with Gasteiger partial charge in [-0.05, 0) is 18.1 Å². The van der Waals surface area contributed by atoms with E-state index in [2.05, 4.69) is 4.98 Å². The summed E-state index contributed by atoms with van der Waals surface area (Å²) in [5.41, 5.74) is 11.1. The van der Waals surface area contributed by atoms with Crippen LogP contribution in [-0.2, 0) is 6.42 Å². The lowest BCUT2D eigenvalue weighted by Crippen LogP contribution is -2.23. The molecular weight excluding hydrogens is 194 g/mol. The minimum absolute atomic E-state index is 0.0477. The van der Waals surface area contributed by atoms with Crippen LogP contribution in [0, 0.1) is 0 Å². The second kappa shape index (κ2) is 4.54. The fraction of sp³-hybridized carbons (Fsp3) is 0.300. The van der Waals surface area contributed by atoms with Gasteiger partial charge in [-0.3, -0.25) is 14.6 Å². The van der Waals surface area contributed by atoms with Crippen LogP contribution in [0.2, 0.25) is 0 Å². The van der Waals surface area contributed by atoms with Gasteiger partial charge in [0.25, 0.3) is 11.8 Å². The number of primary amides is 2. The first kappa shape index (κ1) is 11.2. The number of nitrogens with two attached hydrogens (primary N) is 2. The Morgan fingerprint density at radius 1 is 1.33 bits per heavy atom. The Bertz CT molecular complexity index is 402. The molecule has 4 N–H and O–H groups in total. The van der Waals surface area contributed by atoms with Crippen molar-refractivity contribution in [3.05, 3.63) is 29.1 Å². The predicted molar refractivity (Wildman–Crippen MR) is 55.3 cm³/mol. The number of hydrogen-bond acceptors (Lipinski definition) is 3. The second-order valence-corrected chi connectivity index (χ2v) is 3.17. The SMILES string of the molecule is CCCc1ccnc(C(N)=O)c1C(N)=O. The Balaban J connectivity index is 3.34. The molecular formula is C10H13N3O2. The van der Waals surface area contributed by atoms with Gasteiger partial charge in [-0.25, -0.2) is 0 Å². The predicted octanol–water partition coefficient (Wildman–Crippen LogP) is 0.232. The Kier molecular flexibility index (Phi) is 3.38. The standard InChI is InChI=1S/C10H13N3O2/c1-2-3-6-4-5-13-8(10(12)15)7(6)9(11)14/h4-5H,2-3H2,1H3,(H2,11,14)(H2,12,15). The van der Waals surface area contributed by atoms with E-state index in [4.69, 9.17) is 11.5 Å². The van der Waals surface area contributed by atoms with Crippen molar-refractivity contribution >= 4 is 11.8 Å². The van der Waals surface area contributed by atoms with Crippen LogP contribution in [0.1, 0.15) is 39.8 Å².